The zero-order chi connectivity index (χ0) is 20.3. The van der Waals surface area contributed by atoms with Gasteiger partial charge in [-0.2, -0.15) is 0 Å². The predicted molar refractivity (Wildman–Crippen MR) is 99.8 cm³/mol. The lowest BCUT2D eigenvalue weighted by Gasteiger charge is -2.34. The van der Waals surface area contributed by atoms with E-state index in [-0.39, 0.29) is 24.7 Å². The Balaban J connectivity index is 1.78. The molecule has 9 heteroatoms. The highest BCUT2D eigenvalue weighted by atomic mass is 16.5. The number of carbonyl (C=O) groups excluding carboxylic acids is 2. The number of nitrogens with one attached hydrogen (secondary N) is 1. The molecule has 0 aliphatic carbocycles. The number of hydrogen-bond acceptors (Lipinski definition) is 5. The number of pyridine rings is 1. The summed E-state index contributed by atoms with van der Waals surface area (Å²) in [5.74, 6) is -0.502. The number of nitrogens with zero attached hydrogens (tertiary/aromatic N) is 2. The normalized spacial score (nSPS) is 18.0. The van der Waals surface area contributed by atoms with Crippen LogP contribution >= 0.6 is 0 Å². The largest absolute Gasteiger partial charge is 0.497 e. The van der Waals surface area contributed by atoms with Crippen LogP contribution in [0.15, 0.2) is 42.6 Å². The summed E-state index contributed by atoms with van der Waals surface area (Å²) in [6.45, 7) is 0.101. The van der Waals surface area contributed by atoms with Crippen LogP contribution in [-0.2, 0) is 22.6 Å². The highest BCUT2D eigenvalue weighted by molar-refractivity contribution is 5.98. The van der Waals surface area contributed by atoms with E-state index in [9.17, 15) is 19.5 Å². The predicted octanol–water partition coefficient (Wildman–Crippen LogP) is 0.917. The first-order valence-electron chi connectivity index (χ1n) is 8.57. The van der Waals surface area contributed by atoms with Gasteiger partial charge in [-0.3, -0.25) is 14.5 Å². The molecule has 1 aliphatic rings. The summed E-state index contributed by atoms with van der Waals surface area (Å²) in [5, 5.41) is 12.1. The van der Waals surface area contributed by atoms with Crippen LogP contribution in [0, 0.1) is 5.92 Å². The summed E-state index contributed by atoms with van der Waals surface area (Å²) in [4.78, 5) is 40.1. The van der Waals surface area contributed by atoms with E-state index in [0.29, 0.717) is 11.3 Å². The minimum Gasteiger partial charge on any atom is -0.497 e. The Morgan fingerprint density at radius 3 is 2.54 bits per heavy atom. The minimum atomic E-state index is -1.16. The van der Waals surface area contributed by atoms with Gasteiger partial charge in [-0.15, -0.1) is 0 Å². The molecule has 0 radical (unpaired) electrons. The van der Waals surface area contributed by atoms with Crippen molar-refractivity contribution in [2.45, 2.75) is 19.0 Å². The van der Waals surface area contributed by atoms with E-state index < -0.39 is 24.0 Å². The number of rotatable bonds is 7. The molecule has 1 saturated heterocycles. The molecule has 2 unspecified atom stereocenters. The van der Waals surface area contributed by atoms with Crippen molar-refractivity contribution >= 4 is 23.7 Å². The lowest BCUT2D eigenvalue weighted by Crippen LogP contribution is -2.64. The fraction of sp³-hybridized carbons (Fsp3) is 0.263. The fourth-order valence-corrected chi connectivity index (χ4v) is 3.05. The second-order valence-electron chi connectivity index (χ2n) is 6.44. The Morgan fingerprint density at radius 1 is 1.25 bits per heavy atom. The molecular weight excluding hydrogens is 364 g/mol. The summed E-state index contributed by atoms with van der Waals surface area (Å²) in [7, 11) is 1.55. The summed E-state index contributed by atoms with van der Waals surface area (Å²) < 4.78 is 5.10. The summed E-state index contributed by atoms with van der Waals surface area (Å²) in [5.41, 5.74) is 6.73. The van der Waals surface area contributed by atoms with Gasteiger partial charge in [0.05, 0.1) is 19.6 Å². The van der Waals surface area contributed by atoms with Crippen molar-refractivity contribution in [3.63, 3.8) is 0 Å². The SMILES string of the molecule is COc1ccc(CN(C(=O)O)c2cc(CC3C(=O)NC3C(N)=O)ccn2)cc1. The van der Waals surface area contributed by atoms with Crippen LogP contribution in [0.3, 0.4) is 0 Å². The molecule has 0 bridgehead atoms. The number of benzene rings is 1. The number of nitrogens with two attached hydrogens (primary N) is 1. The number of carbonyl (C=O) groups is 3. The van der Waals surface area contributed by atoms with Gasteiger partial charge < -0.3 is 20.9 Å². The number of anilines is 1. The van der Waals surface area contributed by atoms with Gasteiger partial charge in [0.1, 0.15) is 17.6 Å². The molecule has 3 amide bonds. The van der Waals surface area contributed by atoms with E-state index in [2.05, 4.69) is 10.3 Å². The lowest BCUT2D eigenvalue weighted by atomic mass is 9.84. The molecule has 2 atom stereocenters. The molecule has 3 rings (SSSR count). The van der Waals surface area contributed by atoms with E-state index in [4.69, 9.17) is 10.5 Å². The van der Waals surface area contributed by atoms with Gasteiger partial charge in [-0.25, -0.2) is 9.78 Å². The van der Waals surface area contributed by atoms with Gasteiger partial charge in [0.25, 0.3) is 0 Å². The first-order valence-corrected chi connectivity index (χ1v) is 8.57. The second kappa shape index (κ2) is 7.95. The Kier molecular flexibility index (Phi) is 5.44. The Morgan fingerprint density at radius 2 is 1.96 bits per heavy atom. The zero-order valence-electron chi connectivity index (χ0n) is 15.2. The van der Waals surface area contributed by atoms with Crippen LogP contribution in [-0.4, -0.2) is 41.1 Å². The second-order valence-corrected chi connectivity index (χ2v) is 6.44. The van der Waals surface area contributed by atoms with Gasteiger partial charge in [-0.1, -0.05) is 12.1 Å². The number of aromatic nitrogens is 1. The molecule has 1 aromatic heterocycles. The number of β-lactam (4-membered cyclic amide) rings is 1. The first kappa shape index (κ1) is 19.2. The van der Waals surface area contributed by atoms with Gasteiger partial charge in [0.15, 0.2) is 0 Å². The molecule has 4 N–H and O–H groups in total. The molecule has 2 heterocycles. The highest BCUT2D eigenvalue weighted by Gasteiger charge is 2.42. The molecule has 1 aliphatic heterocycles. The van der Waals surface area contributed by atoms with E-state index in [1.54, 1.807) is 43.5 Å². The molecule has 9 nitrogen and oxygen atoms in total. The van der Waals surface area contributed by atoms with Crippen molar-refractivity contribution in [3.8, 4) is 5.75 Å². The average Bonchev–Trinajstić information content (AvgIpc) is 2.68. The molecular formula is C19H20N4O5. The van der Waals surface area contributed by atoms with Crippen molar-refractivity contribution in [2.24, 2.45) is 11.7 Å². The molecule has 28 heavy (non-hydrogen) atoms. The smallest absolute Gasteiger partial charge is 0.413 e. The number of hydrogen-bond donors (Lipinski definition) is 3. The molecule has 0 saturated carbocycles. The molecule has 146 valence electrons. The fourth-order valence-electron chi connectivity index (χ4n) is 3.05. The van der Waals surface area contributed by atoms with Crippen molar-refractivity contribution in [1.82, 2.24) is 10.3 Å². The maximum absolute atomic E-state index is 11.8. The van der Waals surface area contributed by atoms with Gasteiger partial charge in [0.2, 0.25) is 11.8 Å². The number of ether oxygens (including phenoxy) is 1. The van der Waals surface area contributed by atoms with Crippen LogP contribution in [0.2, 0.25) is 0 Å². The van der Waals surface area contributed by atoms with Gasteiger partial charge in [0, 0.05) is 6.20 Å². The van der Waals surface area contributed by atoms with E-state index in [1.165, 1.54) is 6.20 Å². The molecule has 0 spiro atoms. The van der Waals surface area contributed by atoms with Crippen LogP contribution in [0.5, 0.6) is 5.75 Å². The maximum Gasteiger partial charge on any atom is 0.413 e. The first-order chi connectivity index (χ1) is 13.4. The monoisotopic (exact) mass is 384 g/mol. The standard InChI is InChI=1S/C19H20N4O5/c1-28-13-4-2-11(3-5-13)10-23(19(26)27)15-9-12(6-7-21-15)8-14-16(17(20)24)22-18(14)25/h2-7,9,14,16H,8,10H2,1H3,(H2,20,24)(H,22,25)(H,26,27). The summed E-state index contributed by atoms with van der Waals surface area (Å²) in [6, 6.07) is 9.61. The zero-order valence-corrected chi connectivity index (χ0v) is 15.2. The van der Waals surface area contributed by atoms with Crippen LogP contribution in [0.1, 0.15) is 11.1 Å². The van der Waals surface area contributed by atoms with E-state index in [0.717, 1.165) is 10.5 Å². The number of primary amides is 1. The van der Waals surface area contributed by atoms with Crippen molar-refractivity contribution in [3.05, 3.63) is 53.7 Å². The Labute approximate surface area is 161 Å². The number of carboxylic acid groups (broad SMARTS) is 1. The van der Waals surface area contributed by atoms with Gasteiger partial charge >= 0.3 is 6.09 Å². The topological polar surface area (TPSA) is 135 Å². The van der Waals surface area contributed by atoms with Crippen LogP contribution in [0.25, 0.3) is 0 Å². The van der Waals surface area contributed by atoms with Crippen molar-refractivity contribution in [2.75, 3.05) is 12.0 Å². The van der Waals surface area contributed by atoms with Crippen molar-refractivity contribution < 1.29 is 24.2 Å². The maximum atomic E-state index is 11.8. The van der Waals surface area contributed by atoms with E-state index in [1.807, 2.05) is 0 Å². The quantitative estimate of drug-likeness (QED) is 0.608. The van der Waals surface area contributed by atoms with Crippen LogP contribution < -0.4 is 20.7 Å². The Hall–Kier alpha value is -3.62. The Bertz CT molecular complexity index is 899. The summed E-state index contributed by atoms with van der Waals surface area (Å²) in [6.07, 6.45) is 0.590. The third kappa shape index (κ3) is 4.03. The van der Waals surface area contributed by atoms with Crippen LogP contribution in [0.4, 0.5) is 10.6 Å². The van der Waals surface area contributed by atoms with Gasteiger partial charge in [-0.05, 0) is 41.8 Å². The third-order valence-corrected chi connectivity index (χ3v) is 4.62. The average molecular weight is 384 g/mol. The third-order valence-electron chi connectivity index (χ3n) is 4.62. The lowest BCUT2D eigenvalue weighted by molar-refractivity contribution is -0.142. The molecule has 2 aromatic rings. The highest BCUT2D eigenvalue weighted by Crippen LogP contribution is 2.23. The van der Waals surface area contributed by atoms with Crippen molar-refractivity contribution in [1.29, 1.82) is 0 Å². The summed E-state index contributed by atoms with van der Waals surface area (Å²) >= 11 is 0. The number of amides is 3. The molecule has 1 fully saturated rings. The minimum absolute atomic E-state index is 0.101. The number of methoxy groups -OCH3 is 1. The molecule has 1 aromatic carbocycles. The van der Waals surface area contributed by atoms with E-state index >= 15 is 0 Å².